The Morgan fingerprint density at radius 1 is 0.957 bits per heavy atom. The van der Waals surface area contributed by atoms with Crippen LogP contribution >= 0.6 is 0 Å². The first-order valence-electron chi connectivity index (χ1n) is 7.45. The van der Waals surface area contributed by atoms with Gasteiger partial charge in [-0.1, -0.05) is 30.3 Å². The molecule has 1 atom stereocenters. The number of carbonyl (C=O) groups is 2. The van der Waals surface area contributed by atoms with Crippen LogP contribution in [0.3, 0.4) is 0 Å². The van der Waals surface area contributed by atoms with Gasteiger partial charge in [0.25, 0.3) is 0 Å². The molecule has 0 fully saturated rings. The van der Waals surface area contributed by atoms with Crippen LogP contribution in [0.25, 0.3) is 0 Å². The first kappa shape index (κ1) is 16.7. The largest absolute Gasteiger partial charge is 0.497 e. The molecule has 2 aromatic carbocycles. The maximum atomic E-state index is 12.9. The Morgan fingerprint density at radius 2 is 1.61 bits per heavy atom. The van der Waals surface area contributed by atoms with Crippen molar-refractivity contribution in [3.63, 3.8) is 0 Å². The van der Waals surface area contributed by atoms with Crippen molar-refractivity contribution in [3.05, 3.63) is 65.7 Å². The summed E-state index contributed by atoms with van der Waals surface area (Å²) < 4.78 is 9.80. The lowest BCUT2D eigenvalue weighted by Gasteiger charge is -2.16. The standard InChI is InChI=1S/C19H20O4/c1-22-16-10-8-15(9-11-16)19(21)17(12-13-18(20)23-2)14-6-4-3-5-7-14/h3-11,17H,12-13H2,1-2H3. The second kappa shape index (κ2) is 8.13. The zero-order chi connectivity index (χ0) is 16.7. The number of methoxy groups -OCH3 is 2. The molecular weight excluding hydrogens is 292 g/mol. The van der Waals surface area contributed by atoms with Gasteiger partial charge in [-0.3, -0.25) is 9.59 Å². The normalized spacial score (nSPS) is 11.6. The van der Waals surface area contributed by atoms with Crippen LogP contribution in [0.15, 0.2) is 54.6 Å². The number of ether oxygens (including phenoxy) is 2. The van der Waals surface area contributed by atoms with E-state index in [1.54, 1.807) is 31.4 Å². The number of hydrogen-bond donors (Lipinski definition) is 0. The van der Waals surface area contributed by atoms with Gasteiger partial charge >= 0.3 is 5.97 Å². The van der Waals surface area contributed by atoms with Gasteiger partial charge in [-0.05, 0) is 36.2 Å². The summed E-state index contributed by atoms with van der Waals surface area (Å²) in [5.41, 5.74) is 1.50. The lowest BCUT2D eigenvalue weighted by atomic mass is 9.87. The third-order valence-corrected chi connectivity index (χ3v) is 3.76. The highest BCUT2D eigenvalue weighted by Crippen LogP contribution is 2.26. The van der Waals surface area contributed by atoms with Crippen molar-refractivity contribution in [2.75, 3.05) is 14.2 Å². The second-order valence-electron chi connectivity index (χ2n) is 5.17. The molecule has 0 radical (unpaired) electrons. The van der Waals surface area contributed by atoms with E-state index in [1.165, 1.54) is 7.11 Å². The molecule has 2 rings (SSSR count). The molecule has 0 aliphatic carbocycles. The van der Waals surface area contributed by atoms with Gasteiger partial charge in [-0.25, -0.2) is 0 Å². The summed E-state index contributed by atoms with van der Waals surface area (Å²) >= 11 is 0. The van der Waals surface area contributed by atoms with E-state index < -0.39 is 0 Å². The van der Waals surface area contributed by atoms with Gasteiger partial charge in [0.1, 0.15) is 5.75 Å². The van der Waals surface area contributed by atoms with E-state index in [0.717, 1.165) is 5.56 Å². The highest BCUT2D eigenvalue weighted by atomic mass is 16.5. The Kier molecular flexibility index (Phi) is 5.92. The molecule has 0 aromatic heterocycles. The summed E-state index contributed by atoms with van der Waals surface area (Å²) in [4.78, 5) is 24.3. The molecule has 4 nitrogen and oxygen atoms in total. The topological polar surface area (TPSA) is 52.6 Å². The molecule has 0 spiro atoms. The minimum Gasteiger partial charge on any atom is -0.497 e. The SMILES string of the molecule is COC(=O)CCC(C(=O)c1ccc(OC)cc1)c1ccccc1. The van der Waals surface area contributed by atoms with E-state index in [9.17, 15) is 9.59 Å². The molecule has 0 amide bonds. The minimum absolute atomic E-state index is 0.0113. The molecule has 0 saturated carbocycles. The summed E-state index contributed by atoms with van der Waals surface area (Å²) in [7, 11) is 2.94. The second-order valence-corrected chi connectivity index (χ2v) is 5.17. The highest BCUT2D eigenvalue weighted by molar-refractivity contribution is 6.01. The Morgan fingerprint density at radius 3 is 2.17 bits per heavy atom. The Hall–Kier alpha value is -2.62. The van der Waals surface area contributed by atoms with E-state index in [4.69, 9.17) is 4.74 Å². The molecule has 4 heteroatoms. The van der Waals surface area contributed by atoms with Crippen LogP contribution in [0.2, 0.25) is 0 Å². The summed E-state index contributed by atoms with van der Waals surface area (Å²) in [6, 6.07) is 16.5. The van der Waals surface area contributed by atoms with Crippen LogP contribution in [-0.4, -0.2) is 26.0 Å². The van der Waals surface area contributed by atoms with Crippen LogP contribution < -0.4 is 4.74 Å². The van der Waals surface area contributed by atoms with Gasteiger partial charge in [0.2, 0.25) is 0 Å². The number of esters is 1. The van der Waals surface area contributed by atoms with Gasteiger partial charge < -0.3 is 9.47 Å². The number of Topliss-reactive ketones (excluding diaryl/α,β-unsaturated/α-hetero) is 1. The van der Waals surface area contributed by atoms with Crippen LogP contribution in [0.1, 0.15) is 34.7 Å². The van der Waals surface area contributed by atoms with Crippen LogP contribution in [-0.2, 0) is 9.53 Å². The van der Waals surface area contributed by atoms with Crippen LogP contribution in [0.5, 0.6) is 5.75 Å². The summed E-state index contributed by atoms with van der Waals surface area (Å²) in [6.45, 7) is 0. The van der Waals surface area contributed by atoms with Crippen molar-refractivity contribution in [2.45, 2.75) is 18.8 Å². The first-order chi connectivity index (χ1) is 11.2. The Bertz CT molecular complexity index is 647. The van der Waals surface area contributed by atoms with Gasteiger partial charge in [-0.2, -0.15) is 0 Å². The molecule has 0 bridgehead atoms. The smallest absolute Gasteiger partial charge is 0.305 e. The predicted octanol–water partition coefficient (Wildman–Crippen LogP) is 3.61. The fraction of sp³-hybridized carbons (Fsp3) is 0.263. The maximum absolute atomic E-state index is 12.9. The van der Waals surface area contributed by atoms with Crippen molar-refractivity contribution in [3.8, 4) is 5.75 Å². The number of benzene rings is 2. The molecule has 0 N–H and O–H groups in total. The Balaban J connectivity index is 2.24. The van der Waals surface area contributed by atoms with E-state index in [-0.39, 0.29) is 24.1 Å². The average molecular weight is 312 g/mol. The number of carbonyl (C=O) groups excluding carboxylic acids is 2. The summed E-state index contributed by atoms with van der Waals surface area (Å²) in [6.07, 6.45) is 0.625. The third kappa shape index (κ3) is 4.42. The quantitative estimate of drug-likeness (QED) is 0.579. The molecule has 0 aliphatic rings. The summed E-state index contributed by atoms with van der Waals surface area (Å²) in [5, 5.41) is 0. The third-order valence-electron chi connectivity index (χ3n) is 3.76. The van der Waals surface area contributed by atoms with E-state index in [1.807, 2.05) is 30.3 Å². The molecule has 0 aliphatic heterocycles. The van der Waals surface area contributed by atoms with Gasteiger partial charge in [-0.15, -0.1) is 0 Å². The van der Waals surface area contributed by atoms with Gasteiger partial charge in [0.05, 0.1) is 14.2 Å². The molecule has 120 valence electrons. The van der Waals surface area contributed by atoms with Gasteiger partial charge in [0, 0.05) is 17.9 Å². The average Bonchev–Trinajstić information content (AvgIpc) is 2.62. The molecular formula is C19H20O4. The predicted molar refractivity (Wildman–Crippen MR) is 87.8 cm³/mol. The molecule has 1 unspecified atom stereocenters. The fourth-order valence-corrected chi connectivity index (χ4v) is 2.46. The molecule has 2 aromatic rings. The van der Waals surface area contributed by atoms with Crippen molar-refractivity contribution in [1.82, 2.24) is 0 Å². The van der Waals surface area contributed by atoms with E-state index in [2.05, 4.69) is 4.74 Å². The van der Waals surface area contributed by atoms with E-state index in [0.29, 0.717) is 17.7 Å². The van der Waals surface area contributed by atoms with Crippen molar-refractivity contribution in [1.29, 1.82) is 0 Å². The molecule has 0 heterocycles. The Labute approximate surface area is 136 Å². The number of ketones is 1. The molecule has 0 saturated heterocycles. The van der Waals surface area contributed by atoms with Crippen molar-refractivity contribution >= 4 is 11.8 Å². The first-order valence-corrected chi connectivity index (χ1v) is 7.45. The summed E-state index contributed by atoms with van der Waals surface area (Å²) in [5.74, 6) is 0.00675. The van der Waals surface area contributed by atoms with Crippen molar-refractivity contribution in [2.24, 2.45) is 0 Å². The zero-order valence-electron chi connectivity index (χ0n) is 13.3. The lowest BCUT2D eigenvalue weighted by molar-refractivity contribution is -0.140. The monoisotopic (exact) mass is 312 g/mol. The maximum Gasteiger partial charge on any atom is 0.305 e. The molecule has 23 heavy (non-hydrogen) atoms. The van der Waals surface area contributed by atoms with Crippen molar-refractivity contribution < 1.29 is 19.1 Å². The van der Waals surface area contributed by atoms with E-state index >= 15 is 0 Å². The number of rotatable bonds is 7. The van der Waals surface area contributed by atoms with Crippen LogP contribution in [0, 0.1) is 0 Å². The highest BCUT2D eigenvalue weighted by Gasteiger charge is 2.23. The number of hydrogen-bond acceptors (Lipinski definition) is 4. The lowest BCUT2D eigenvalue weighted by Crippen LogP contribution is -2.15. The zero-order valence-corrected chi connectivity index (χ0v) is 13.3. The fourth-order valence-electron chi connectivity index (χ4n) is 2.46. The minimum atomic E-state index is -0.372. The van der Waals surface area contributed by atoms with Gasteiger partial charge in [0.15, 0.2) is 5.78 Å². The van der Waals surface area contributed by atoms with Crippen LogP contribution in [0.4, 0.5) is 0 Å².